The molecule has 15 heavy (non-hydrogen) atoms. The standard InChI is InChI=1S/C10H17NO4/c1-7(10(14)15)8(6-9(12)13)4-5-11(2)3/h8H,1,4-6H2,2-3H3,(H,12,13)(H,14,15). The number of carboxylic acid groups (broad SMARTS) is 2. The molecule has 0 aromatic rings. The number of aliphatic carboxylic acids is 2. The van der Waals surface area contributed by atoms with Crippen LogP contribution in [0.2, 0.25) is 0 Å². The summed E-state index contributed by atoms with van der Waals surface area (Å²) in [5.41, 5.74) is -0.0285. The Balaban J connectivity index is 4.37. The van der Waals surface area contributed by atoms with Crippen LogP contribution in [0.4, 0.5) is 0 Å². The second-order valence-corrected chi connectivity index (χ2v) is 3.72. The summed E-state index contributed by atoms with van der Waals surface area (Å²) in [6.45, 7) is 4.05. The van der Waals surface area contributed by atoms with E-state index in [-0.39, 0.29) is 12.0 Å². The Bertz CT molecular complexity index is 260. The van der Waals surface area contributed by atoms with E-state index in [0.29, 0.717) is 13.0 Å². The summed E-state index contributed by atoms with van der Waals surface area (Å²) in [5.74, 6) is -2.62. The number of rotatable bonds is 7. The first-order chi connectivity index (χ1) is 6.84. The maximum Gasteiger partial charge on any atom is 0.331 e. The van der Waals surface area contributed by atoms with Crippen molar-refractivity contribution in [1.29, 1.82) is 0 Å². The van der Waals surface area contributed by atoms with Gasteiger partial charge in [-0.25, -0.2) is 4.79 Å². The van der Waals surface area contributed by atoms with E-state index in [0.717, 1.165) is 0 Å². The SMILES string of the molecule is C=C(C(=O)O)C(CCN(C)C)CC(=O)O. The van der Waals surface area contributed by atoms with Crippen LogP contribution in [0, 0.1) is 5.92 Å². The number of nitrogens with zero attached hydrogens (tertiary/aromatic N) is 1. The molecule has 0 aliphatic rings. The zero-order valence-electron chi connectivity index (χ0n) is 9.06. The van der Waals surface area contributed by atoms with E-state index < -0.39 is 17.9 Å². The molecule has 0 saturated heterocycles. The monoisotopic (exact) mass is 215 g/mol. The minimum Gasteiger partial charge on any atom is -0.481 e. The molecule has 5 heteroatoms. The zero-order chi connectivity index (χ0) is 12.0. The highest BCUT2D eigenvalue weighted by molar-refractivity contribution is 5.87. The smallest absolute Gasteiger partial charge is 0.331 e. The average molecular weight is 215 g/mol. The van der Waals surface area contributed by atoms with Gasteiger partial charge in [0.15, 0.2) is 0 Å². The molecule has 0 amide bonds. The van der Waals surface area contributed by atoms with E-state index in [2.05, 4.69) is 6.58 Å². The van der Waals surface area contributed by atoms with Crippen molar-refractivity contribution < 1.29 is 19.8 Å². The maximum atomic E-state index is 10.7. The lowest BCUT2D eigenvalue weighted by molar-refractivity contribution is -0.138. The Morgan fingerprint density at radius 3 is 2.20 bits per heavy atom. The minimum atomic E-state index is -1.12. The number of hydrogen-bond donors (Lipinski definition) is 2. The molecule has 0 rings (SSSR count). The summed E-state index contributed by atoms with van der Waals surface area (Å²) in [6.07, 6.45) is 0.309. The van der Waals surface area contributed by atoms with Crippen molar-refractivity contribution in [1.82, 2.24) is 4.90 Å². The van der Waals surface area contributed by atoms with Gasteiger partial charge in [0.2, 0.25) is 0 Å². The lowest BCUT2D eigenvalue weighted by atomic mass is 9.93. The van der Waals surface area contributed by atoms with Crippen molar-refractivity contribution in [3.05, 3.63) is 12.2 Å². The molecule has 5 nitrogen and oxygen atoms in total. The first-order valence-electron chi connectivity index (χ1n) is 4.63. The molecule has 1 unspecified atom stereocenters. The van der Waals surface area contributed by atoms with Gasteiger partial charge in [0, 0.05) is 11.5 Å². The van der Waals surface area contributed by atoms with Gasteiger partial charge in [-0.15, -0.1) is 0 Å². The Labute approximate surface area is 89.0 Å². The van der Waals surface area contributed by atoms with E-state index in [1.165, 1.54) is 0 Å². The number of carbonyl (C=O) groups is 2. The molecular formula is C10H17NO4. The third kappa shape index (κ3) is 5.85. The molecule has 0 bridgehead atoms. The van der Waals surface area contributed by atoms with Crippen LogP contribution < -0.4 is 0 Å². The van der Waals surface area contributed by atoms with Gasteiger partial charge in [-0.05, 0) is 27.1 Å². The molecule has 0 spiro atoms. The van der Waals surface area contributed by atoms with Gasteiger partial charge < -0.3 is 15.1 Å². The summed E-state index contributed by atoms with van der Waals surface area (Å²) in [5, 5.41) is 17.4. The summed E-state index contributed by atoms with van der Waals surface area (Å²) < 4.78 is 0. The number of carboxylic acids is 2. The van der Waals surface area contributed by atoms with Gasteiger partial charge >= 0.3 is 11.9 Å². The van der Waals surface area contributed by atoms with Crippen LogP contribution in [0.1, 0.15) is 12.8 Å². The lowest BCUT2D eigenvalue weighted by Gasteiger charge is -2.17. The fourth-order valence-corrected chi connectivity index (χ4v) is 1.20. The largest absolute Gasteiger partial charge is 0.481 e. The summed E-state index contributed by atoms with van der Waals surface area (Å²) in [7, 11) is 3.70. The van der Waals surface area contributed by atoms with Crippen LogP contribution in [0.25, 0.3) is 0 Å². The van der Waals surface area contributed by atoms with Crippen molar-refractivity contribution in [2.24, 2.45) is 5.92 Å². The fourth-order valence-electron chi connectivity index (χ4n) is 1.20. The molecule has 2 N–H and O–H groups in total. The molecule has 1 atom stereocenters. The van der Waals surface area contributed by atoms with Gasteiger partial charge in [-0.1, -0.05) is 6.58 Å². The molecular weight excluding hydrogens is 198 g/mol. The van der Waals surface area contributed by atoms with Crippen molar-refractivity contribution >= 4 is 11.9 Å². The Morgan fingerprint density at radius 2 is 1.87 bits per heavy atom. The molecule has 0 radical (unpaired) electrons. The van der Waals surface area contributed by atoms with Crippen LogP contribution in [0.15, 0.2) is 12.2 Å². The van der Waals surface area contributed by atoms with Crippen LogP contribution in [0.5, 0.6) is 0 Å². The van der Waals surface area contributed by atoms with E-state index >= 15 is 0 Å². The third-order valence-corrected chi connectivity index (χ3v) is 2.11. The molecule has 0 fully saturated rings. The number of hydrogen-bond acceptors (Lipinski definition) is 3. The quantitative estimate of drug-likeness (QED) is 0.610. The Kier molecular flexibility index (Phi) is 5.62. The van der Waals surface area contributed by atoms with Gasteiger partial charge in [0.1, 0.15) is 0 Å². The van der Waals surface area contributed by atoms with Gasteiger partial charge in [0.25, 0.3) is 0 Å². The zero-order valence-corrected chi connectivity index (χ0v) is 9.06. The predicted molar refractivity (Wildman–Crippen MR) is 55.7 cm³/mol. The molecule has 0 heterocycles. The first-order valence-corrected chi connectivity index (χ1v) is 4.63. The summed E-state index contributed by atoms with van der Waals surface area (Å²) >= 11 is 0. The topological polar surface area (TPSA) is 77.8 Å². The Hall–Kier alpha value is -1.36. The highest BCUT2D eigenvalue weighted by Crippen LogP contribution is 2.18. The molecule has 0 aromatic carbocycles. The second-order valence-electron chi connectivity index (χ2n) is 3.72. The molecule has 0 aliphatic carbocycles. The Morgan fingerprint density at radius 1 is 1.33 bits per heavy atom. The van der Waals surface area contributed by atoms with Crippen LogP contribution in [-0.4, -0.2) is 47.7 Å². The first kappa shape index (κ1) is 13.6. The van der Waals surface area contributed by atoms with Crippen LogP contribution in [-0.2, 0) is 9.59 Å². The van der Waals surface area contributed by atoms with Crippen molar-refractivity contribution in [3.63, 3.8) is 0 Å². The molecule has 86 valence electrons. The third-order valence-electron chi connectivity index (χ3n) is 2.11. The van der Waals surface area contributed by atoms with Crippen molar-refractivity contribution in [2.75, 3.05) is 20.6 Å². The van der Waals surface area contributed by atoms with Crippen molar-refractivity contribution in [3.8, 4) is 0 Å². The van der Waals surface area contributed by atoms with E-state index in [1.54, 1.807) is 0 Å². The molecule has 0 saturated carbocycles. The predicted octanol–water partition coefficient (Wildman–Crippen LogP) is 0.670. The van der Waals surface area contributed by atoms with E-state index in [4.69, 9.17) is 10.2 Å². The van der Waals surface area contributed by atoms with Crippen LogP contribution in [0.3, 0.4) is 0 Å². The maximum absolute atomic E-state index is 10.7. The minimum absolute atomic E-state index is 0.0285. The highest BCUT2D eigenvalue weighted by atomic mass is 16.4. The average Bonchev–Trinajstić information content (AvgIpc) is 2.10. The van der Waals surface area contributed by atoms with E-state index in [9.17, 15) is 9.59 Å². The molecule has 0 aromatic heterocycles. The fraction of sp³-hybridized carbons (Fsp3) is 0.600. The normalized spacial score (nSPS) is 12.5. The van der Waals surface area contributed by atoms with E-state index in [1.807, 2.05) is 19.0 Å². The highest BCUT2D eigenvalue weighted by Gasteiger charge is 2.21. The lowest BCUT2D eigenvalue weighted by Crippen LogP contribution is -2.22. The second kappa shape index (κ2) is 6.19. The van der Waals surface area contributed by atoms with Gasteiger partial charge in [-0.2, -0.15) is 0 Å². The van der Waals surface area contributed by atoms with Crippen LogP contribution >= 0.6 is 0 Å². The summed E-state index contributed by atoms with van der Waals surface area (Å²) in [4.78, 5) is 23.1. The van der Waals surface area contributed by atoms with Gasteiger partial charge in [0.05, 0.1) is 6.42 Å². The van der Waals surface area contributed by atoms with Gasteiger partial charge in [-0.3, -0.25) is 4.79 Å². The summed E-state index contributed by atoms with van der Waals surface area (Å²) in [6, 6.07) is 0. The van der Waals surface area contributed by atoms with Crippen molar-refractivity contribution in [2.45, 2.75) is 12.8 Å². The molecule has 0 aliphatic heterocycles.